The van der Waals surface area contributed by atoms with E-state index in [0.29, 0.717) is 6.04 Å². The molecule has 4 heteroatoms. The van der Waals surface area contributed by atoms with Gasteiger partial charge in [-0.05, 0) is 56.4 Å². The largest absolute Gasteiger partial charge is 0.299 e. The van der Waals surface area contributed by atoms with Gasteiger partial charge in [-0.25, -0.2) is 5.26 Å². The van der Waals surface area contributed by atoms with Crippen molar-refractivity contribution in [1.82, 2.24) is 9.88 Å². The van der Waals surface area contributed by atoms with E-state index in [9.17, 15) is 0 Å². The molecule has 0 amide bonds. The van der Waals surface area contributed by atoms with E-state index in [0.717, 1.165) is 5.92 Å². The number of hydrogen-bond acceptors (Lipinski definition) is 3. The molecule has 0 saturated carbocycles. The van der Waals surface area contributed by atoms with Gasteiger partial charge in [0.1, 0.15) is 0 Å². The van der Waals surface area contributed by atoms with Crippen LogP contribution in [0.15, 0.2) is 18.3 Å². The summed E-state index contributed by atoms with van der Waals surface area (Å²) in [6.07, 6.45) is 5.81. The molecule has 3 rings (SSSR count). The molecule has 2 aliphatic rings. The fourth-order valence-corrected chi connectivity index (χ4v) is 3.07. The van der Waals surface area contributed by atoms with Gasteiger partial charge in [-0.2, -0.15) is 0 Å². The number of pyridine rings is 1. The third kappa shape index (κ3) is 2.35. The smallest absolute Gasteiger partial charge is 0.229 e. The maximum absolute atomic E-state index is 7.10. The summed E-state index contributed by atoms with van der Waals surface area (Å²) in [5.74, 6) is 2.14. The standard InChI is InChI=1S/C12H16N2.CBN/c1-14-8-6-9-4-5-11-10(12(9)14)3-2-7-13-11;2-1-3/h2-3,7,9,12H,4-6,8H2,1H3;/t9-,12+;/m1./s1. The Labute approximate surface area is 104 Å². The summed E-state index contributed by atoms with van der Waals surface area (Å²) in [7, 11) is 6.40. The van der Waals surface area contributed by atoms with E-state index in [1.54, 1.807) is 0 Å². The van der Waals surface area contributed by atoms with Gasteiger partial charge in [-0.1, -0.05) is 6.07 Å². The Bertz CT molecular complexity index is 427. The molecular formula is C13H16BN3. The second-order valence-corrected chi connectivity index (χ2v) is 4.68. The molecule has 0 unspecified atom stereocenters. The topological polar surface area (TPSA) is 39.9 Å². The minimum absolute atomic E-state index is 0.660. The Hall–Kier alpha value is -1.34. The normalized spacial score (nSPS) is 26.1. The maximum atomic E-state index is 7.10. The van der Waals surface area contributed by atoms with E-state index >= 15 is 0 Å². The Morgan fingerprint density at radius 1 is 1.53 bits per heavy atom. The van der Waals surface area contributed by atoms with Crippen molar-refractivity contribution in [2.75, 3.05) is 13.6 Å². The average molecular weight is 225 g/mol. The van der Waals surface area contributed by atoms with E-state index < -0.39 is 0 Å². The third-order valence-electron chi connectivity index (χ3n) is 3.77. The van der Waals surface area contributed by atoms with Gasteiger partial charge < -0.3 is 0 Å². The quantitative estimate of drug-likeness (QED) is 0.630. The molecule has 1 aliphatic carbocycles. The Morgan fingerprint density at radius 3 is 3.06 bits per heavy atom. The molecule has 1 fully saturated rings. The molecule has 17 heavy (non-hydrogen) atoms. The molecule has 2 atom stereocenters. The van der Waals surface area contributed by atoms with Crippen LogP contribution in [0.25, 0.3) is 0 Å². The van der Waals surface area contributed by atoms with Crippen molar-refractivity contribution in [3.8, 4) is 5.97 Å². The van der Waals surface area contributed by atoms with Crippen molar-refractivity contribution in [3.63, 3.8) is 0 Å². The van der Waals surface area contributed by atoms with Crippen LogP contribution in [0.5, 0.6) is 0 Å². The first kappa shape index (κ1) is 12.1. The van der Waals surface area contributed by atoms with Crippen molar-refractivity contribution in [2.24, 2.45) is 5.92 Å². The van der Waals surface area contributed by atoms with Crippen LogP contribution in [0, 0.1) is 17.1 Å². The lowest BCUT2D eigenvalue weighted by molar-refractivity contribution is 0.255. The number of nitriles is 1. The Balaban J connectivity index is 0.000000329. The highest BCUT2D eigenvalue weighted by Crippen LogP contribution is 2.43. The first-order valence-corrected chi connectivity index (χ1v) is 6.01. The summed E-state index contributed by atoms with van der Waals surface area (Å²) >= 11 is 0. The number of aryl methyl sites for hydroxylation is 1. The van der Waals surface area contributed by atoms with Gasteiger partial charge in [0.15, 0.2) is 0 Å². The van der Waals surface area contributed by atoms with E-state index in [1.165, 1.54) is 43.0 Å². The van der Waals surface area contributed by atoms with Gasteiger partial charge in [0, 0.05) is 17.9 Å². The molecule has 86 valence electrons. The lowest BCUT2D eigenvalue weighted by Gasteiger charge is -2.31. The number of fused-ring (bicyclic) bond motifs is 3. The van der Waals surface area contributed by atoms with Crippen LogP contribution in [-0.4, -0.2) is 31.3 Å². The molecule has 2 radical (unpaired) electrons. The third-order valence-corrected chi connectivity index (χ3v) is 3.77. The van der Waals surface area contributed by atoms with E-state index in [4.69, 9.17) is 5.26 Å². The SMILES string of the molecule is CN1CC[C@H]2CCc3ncccc3[C@H]21.[B]C#N. The molecule has 1 aromatic heterocycles. The first-order valence-electron chi connectivity index (χ1n) is 6.01. The average Bonchev–Trinajstić information content (AvgIpc) is 2.73. The predicted molar refractivity (Wildman–Crippen MR) is 67.4 cm³/mol. The molecular weight excluding hydrogens is 209 g/mol. The highest BCUT2D eigenvalue weighted by atomic mass is 15.2. The second kappa shape index (κ2) is 5.33. The van der Waals surface area contributed by atoms with E-state index in [2.05, 4.69) is 36.9 Å². The number of aromatic nitrogens is 1. The van der Waals surface area contributed by atoms with E-state index in [-0.39, 0.29) is 0 Å². The van der Waals surface area contributed by atoms with Gasteiger partial charge in [0.2, 0.25) is 7.85 Å². The van der Waals surface area contributed by atoms with Crippen LogP contribution in [0.1, 0.15) is 30.1 Å². The fraction of sp³-hybridized carbons (Fsp3) is 0.538. The van der Waals surface area contributed by atoms with Gasteiger partial charge in [0.25, 0.3) is 0 Å². The number of likely N-dealkylation sites (tertiary alicyclic amines) is 1. The molecule has 0 bridgehead atoms. The van der Waals surface area contributed by atoms with Crippen molar-refractivity contribution in [2.45, 2.75) is 25.3 Å². The van der Waals surface area contributed by atoms with Gasteiger partial charge in [-0.15, -0.1) is 0 Å². The molecule has 0 spiro atoms. The van der Waals surface area contributed by atoms with Crippen molar-refractivity contribution < 1.29 is 0 Å². The van der Waals surface area contributed by atoms with Crippen molar-refractivity contribution in [1.29, 1.82) is 5.26 Å². The van der Waals surface area contributed by atoms with Crippen LogP contribution >= 0.6 is 0 Å². The molecule has 1 saturated heterocycles. The van der Waals surface area contributed by atoms with Crippen molar-refractivity contribution in [3.05, 3.63) is 29.6 Å². The summed E-state index contributed by atoms with van der Waals surface area (Å²) in [6.45, 7) is 1.25. The molecule has 1 aliphatic heterocycles. The zero-order chi connectivity index (χ0) is 12.3. The summed E-state index contributed by atoms with van der Waals surface area (Å²) in [4.78, 5) is 6.98. The van der Waals surface area contributed by atoms with Gasteiger partial charge in [-0.3, -0.25) is 9.88 Å². The minimum atomic E-state index is 0.660. The lowest BCUT2D eigenvalue weighted by Crippen LogP contribution is -2.26. The number of nitrogens with zero attached hydrogens (tertiary/aromatic N) is 3. The van der Waals surface area contributed by atoms with Gasteiger partial charge in [0.05, 0.1) is 0 Å². The van der Waals surface area contributed by atoms with Crippen molar-refractivity contribution >= 4 is 7.85 Å². The van der Waals surface area contributed by atoms with Gasteiger partial charge >= 0.3 is 0 Å². The summed E-state index contributed by atoms with van der Waals surface area (Å²) < 4.78 is 0. The summed E-state index contributed by atoms with van der Waals surface area (Å²) in [5, 5.41) is 7.10. The summed E-state index contributed by atoms with van der Waals surface area (Å²) in [5.41, 5.74) is 2.83. The number of rotatable bonds is 0. The maximum Gasteiger partial charge on any atom is 0.229 e. The van der Waals surface area contributed by atoms with Crippen LogP contribution in [0.2, 0.25) is 0 Å². The summed E-state index contributed by atoms with van der Waals surface area (Å²) in [6, 6.07) is 5.00. The monoisotopic (exact) mass is 225 g/mol. The molecule has 0 aromatic carbocycles. The zero-order valence-electron chi connectivity index (χ0n) is 10.1. The first-order chi connectivity index (χ1) is 8.27. The van der Waals surface area contributed by atoms with Crippen LogP contribution in [0.3, 0.4) is 0 Å². The highest BCUT2D eigenvalue weighted by Gasteiger charge is 2.37. The molecule has 3 nitrogen and oxygen atoms in total. The molecule has 0 N–H and O–H groups in total. The zero-order valence-corrected chi connectivity index (χ0v) is 10.1. The number of hydrogen-bond donors (Lipinski definition) is 0. The fourth-order valence-electron chi connectivity index (χ4n) is 3.07. The second-order valence-electron chi connectivity index (χ2n) is 4.68. The van der Waals surface area contributed by atoms with Crippen LogP contribution in [0.4, 0.5) is 0 Å². The highest BCUT2D eigenvalue weighted by molar-refractivity contribution is 6.20. The Morgan fingerprint density at radius 2 is 2.29 bits per heavy atom. The molecule has 1 aromatic rings. The van der Waals surface area contributed by atoms with Crippen LogP contribution < -0.4 is 0 Å². The lowest BCUT2D eigenvalue weighted by atomic mass is 9.83. The minimum Gasteiger partial charge on any atom is -0.299 e. The predicted octanol–water partition coefficient (Wildman–Crippen LogP) is 1.66. The molecule has 2 heterocycles. The van der Waals surface area contributed by atoms with Crippen LogP contribution in [-0.2, 0) is 6.42 Å². The van der Waals surface area contributed by atoms with E-state index in [1.807, 2.05) is 6.20 Å². The Kier molecular flexibility index (Phi) is 3.80.